The molecule has 9 heteroatoms. The molecule has 5 rings (SSSR count). The van der Waals surface area contributed by atoms with Crippen molar-refractivity contribution in [1.82, 2.24) is 29.4 Å². The topological polar surface area (TPSA) is 84.5 Å². The Balaban J connectivity index is 1.40. The molecule has 154 valence electrons. The highest BCUT2D eigenvalue weighted by atomic mass is 32.1. The molecule has 1 saturated heterocycles. The van der Waals surface area contributed by atoms with Gasteiger partial charge in [-0.3, -0.25) is 18.9 Å². The van der Waals surface area contributed by atoms with Gasteiger partial charge in [0.1, 0.15) is 17.9 Å². The van der Waals surface area contributed by atoms with Crippen molar-refractivity contribution < 1.29 is 4.79 Å². The highest BCUT2D eigenvalue weighted by molar-refractivity contribution is 7.16. The van der Waals surface area contributed by atoms with Crippen molar-refractivity contribution in [3.63, 3.8) is 0 Å². The molecular formula is C20H26N6O2S. The van der Waals surface area contributed by atoms with Crippen molar-refractivity contribution in [2.45, 2.75) is 64.1 Å². The maximum absolute atomic E-state index is 13.0. The molecule has 1 N–H and O–H groups in total. The lowest BCUT2D eigenvalue weighted by molar-refractivity contribution is -0.123. The molecular weight excluding hydrogens is 388 g/mol. The van der Waals surface area contributed by atoms with Gasteiger partial charge in [-0.15, -0.1) is 11.3 Å². The van der Waals surface area contributed by atoms with E-state index < -0.39 is 0 Å². The van der Waals surface area contributed by atoms with Crippen molar-refractivity contribution in [3.05, 3.63) is 27.8 Å². The molecule has 8 nitrogen and oxygen atoms in total. The first-order valence-corrected chi connectivity index (χ1v) is 11.3. The van der Waals surface area contributed by atoms with E-state index >= 15 is 0 Å². The molecule has 3 aromatic rings. The summed E-state index contributed by atoms with van der Waals surface area (Å²) in [6, 6.07) is 2.72. The van der Waals surface area contributed by atoms with Crippen LogP contribution in [-0.4, -0.2) is 55.1 Å². The van der Waals surface area contributed by atoms with Gasteiger partial charge in [-0.05, 0) is 38.3 Å². The molecule has 0 spiro atoms. The van der Waals surface area contributed by atoms with Crippen LogP contribution in [0.4, 0.5) is 0 Å². The maximum atomic E-state index is 13.0. The summed E-state index contributed by atoms with van der Waals surface area (Å²) in [5, 5.41) is 7.68. The SMILES string of the molecule is CC(C)c1nn(CC(=O)N[C@@H]2CCCN(C3CC3)C2)c(=O)c2cc3scnc3n12. The lowest BCUT2D eigenvalue weighted by atomic mass is 10.1. The lowest BCUT2D eigenvalue weighted by Crippen LogP contribution is -2.49. The molecule has 3 aromatic heterocycles. The van der Waals surface area contributed by atoms with E-state index in [4.69, 9.17) is 0 Å². The van der Waals surface area contributed by atoms with Crippen LogP contribution in [0, 0.1) is 0 Å². The first-order valence-electron chi connectivity index (χ1n) is 10.4. The number of likely N-dealkylation sites (tertiary alicyclic amines) is 1. The fourth-order valence-corrected chi connectivity index (χ4v) is 5.03. The summed E-state index contributed by atoms with van der Waals surface area (Å²) in [5.41, 5.74) is 2.81. The molecule has 0 unspecified atom stereocenters. The third-order valence-electron chi connectivity index (χ3n) is 5.89. The van der Waals surface area contributed by atoms with Gasteiger partial charge < -0.3 is 5.32 Å². The second kappa shape index (κ2) is 7.21. The molecule has 1 saturated carbocycles. The number of fused-ring (bicyclic) bond motifs is 3. The molecule has 1 atom stereocenters. The van der Waals surface area contributed by atoms with E-state index in [9.17, 15) is 9.59 Å². The van der Waals surface area contributed by atoms with Crippen molar-refractivity contribution >= 4 is 33.1 Å². The summed E-state index contributed by atoms with van der Waals surface area (Å²) < 4.78 is 4.10. The zero-order valence-corrected chi connectivity index (χ0v) is 17.6. The highest BCUT2D eigenvalue weighted by Gasteiger charge is 2.33. The molecule has 2 aliphatic rings. The number of nitrogens with one attached hydrogen (secondary N) is 1. The number of carbonyl (C=O) groups is 1. The average Bonchev–Trinajstić information content (AvgIpc) is 3.33. The normalized spacial score (nSPS) is 20.7. The van der Waals surface area contributed by atoms with Crippen LogP contribution in [0.25, 0.3) is 15.9 Å². The van der Waals surface area contributed by atoms with Crippen LogP contribution >= 0.6 is 11.3 Å². The lowest BCUT2D eigenvalue weighted by Gasteiger charge is -2.33. The highest BCUT2D eigenvalue weighted by Crippen LogP contribution is 2.29. The van der Waals surface area contributed by atoms with Crippen LogP contribution in [0.1, 0.15) is 51.3 Å². The summed E-state index contributed by atoms with van der Waals surface area (Å²) in [6.07, 6.45) is 4.66. The number of thiazole rings is 1. The third kappa shape index (κ3) is 3.46. The minimum Gasteiger partial charge on any atom is -0.350 e. The van der Waals surface area contributed by atoms with Gasteiger partial charge >= 0.3 is 0 Å². The van der Waals surface area contributed by atoms with Crippen LogP contribution < -0.4 is 10.9 Å². The van der Waals surface area contributed by atoms with Crippen molar-refractivity contribution in [1.29, 1.82) is 0 Å². The van der Waals surface area contributed by atoms with Crippen molar-refractivity contribution in [3.8, 4) is 0 Å². The van der Waals surface area contributed by atoms with Gasteiger partial charge in [0.15, 0.2) is 5.65 Å². The Morgan fingerprint density at radius 1 is 1.34 bits per heavy atom. The fraction of sp³-hybridized carbons (Fsp3) is 0.600. The van der Waals surface area contributed by atoms with E-state index in [1.807, 2.05) is 24.3 Å². The van der Waals surface area contributed by atoms with Crippen molar-refractivity contribution in [2.24, 2.45) is 0 Å². The number of rotatable bonds is 5. The van der Waals surface area contributed by atoms with Gasteiger partial charge in [0.05, 0.1) is 10.2 Å². The van der Waals surface area contributed by atoms with Crippen LogP contribution in [-0.2, 0) is 11.3 Å². The molecule has 0 aromatic carbocycles. The Hall–Kier alpha value is -2.26. The summed E-state index contributed by atoms with van der Waals surface area (Å²) >= 11 is 1.50. The quantitative estimate of drug-likeness (QED) is 0.690. The minimum atomic E-state index is -0.252. The fourth-order valence-electron chi connectivity index (χ4n) is 4.34. The van der Waals surface area contributed by atoms with Gasteiger partial charge in [0.25, 0.3) is 5.56 Å². The number of nitrogens with zero attached hydrogens (tertiary/aromatic N) is 5. The number of amides is 1. The Kier molecular flexibility index (Phi) is 4.66. The molecule has 1 aliphatic carbocycles. The average molecular weight is 415 g/mol. The smallest absolute Gasteiger partial charge is 0.291 e. The second-order valence-corrected chi connectivity index (χ2v) is 9.40. The van der Waals surface area contributed by atoms with Gasteiger partial charge in [-0.25, -0.2) is 9.67 Å². The van der Waals surface area contributed by atoms with Gasteiger partial charge in [0.2, 0.25) is 5.91 Å². The number of hydrogen-bond donors (Lipinski definition) is 1. The second-order valence-electron chi connectivity index (χ2n) is 8.51. The minimum absolute atomic E-state index is 0.0543. The predicted molar refractivity (Wildman–Crippen MR) is 112 cm³/mol. The van der Waals surface area contributed by atoms with E-state index in [2.05, 4.69) is 20.3 Å². The summed E-state index contributed by atoms with van der Waals surface area (Å²) in [5.74, 6) is 0.689. The standard InChI is InChI=1S/C20H26N6O2S/c1-12(2)18-23-25(20(28)15-8-16-19(26(15)18)21-11-29-16)10-17(27)22-13-4-3-7-24(9-13)14-5-6-14/h8,11-14H,3-7,9-10H2,1-2H3,(H,22,27)/t13-/m1/s1. The van der Waals surface area contributed by atoms with E-state index in [1.165, 1.54) is 28.9 Å². The zero-order valence-electron chi connectivity index (χ0n) is 16.8. The molecule has 1 aliphatic heterocycles. The Morgan fingerprint density at radius 2 is 2.17 bits per heavy atom. The number of carbonyl (C=O) groups excluding carboxylic acids is 1. The first-order chi connectivity index (χ1) is 14.0. The molecule has 0 radical (unpaired) electrons. The third-order valence-corrected chi connectivity index (χ3v) is 6.66. The van der Waals surface area contributed by atoms with Crippen LogP contribution in [0.15, 0.2) is 16.4 Å². The molecule has 2 fully saturated rings. The summed E-state index contributed by atoms with van der Waals surface area (Å²) in [4.78, 5) is 32.6. The number of piperidine rings is 1. The summed E-state index contributed by atoms with van der Waals surface area (Å²) in [6.45, 7) is 6.05. The Morgan fingerprint density at radius 3 is 2.93 bits per heavy atom. The molecule has 4 heterocycles. The Labute approximate surface area is 172 Å². The molecule has 0 bridgehead atoms. The maximum Gasteiger partial charge on any atom is 0.291 e. The van der Waals surface area contributed by atoms with E-state index in [0.717, 1.165) is 42.1 Å². The monoisotopic (exact) mass is 414 g/mol. The van der Waals surface area contributed by atoms with Gasteiger partial charge in [-0.1, -0.05) is 13.8 Å². The van der Waals surface area contributed by atoms with Crippen molar-refractivity contribution in [2.75, 3.05) is 13.1 Å². The largest absolute Gasteiger partial charge is 0.350 e. The van der Waals surface area contributed by atoms with E-state index in [-0.39, 0.29) is 30.0 Å². The van der Waals surface area contributed by atoms with Crippen LogP contribution in [0.3, 0.4) is 0 Å². The van der Waals surface area contributed by atoms with Gasteiger partial charge in [0, 0.05) is 24.5 Å². The molecule has 29 heavy (non-hydrogen) atoms. The molecule has 1 amide bonds. The predicted octanol–water partition coefficient (Wildman–Crippen LogP) is 1.97. The van der Waals surface area contributed by atoms with Gasteiger partial charge in [-0.2, -0.15) is 5.10 Å². The first kappa shape index (κ1) is 18.7. The van der Waals surface area contributed by atoms with E-state index in [0.29, 0.717) is 11.6 Å². The number of aromatic nitrogens is 4. The van der Waals surface area contributed by atoms with Crippen LogP contribution in [0.2, 0.25) is 0 Å². The van der Waals surface area contributed by atoms with Crippen LogP contribution in [0.5, 0.6) is 0 Å². The Bertz CT molecular complexity index is 1130. The zero-order chi connectivity index (χ0) is 20.1. The van der Waals surface area contributed by atoms with E-state index in [1.54, 1.807) is 5.51 Å². The summed E-state index contributed by atoms with van der Waals surface area (Å²) in [7, 11) is 0. The number of hydrogen-bond acceptors (Lipinski definition) is 6.